The molecule has 0 bridgehead atoms. The van der Waals surface area contributed by atoms with Crippen molar-refractivity contribution in [3.05, 3.63) is 34.9 Å². The van der Waals surface area contributed by atoms with Gasteiger partial charge in [0.05, 0.1) is 0 Å². The number of benzene rings is 1. The summed E-state index contributed by atoms with van der Waals surface area (Å²) in [6.45, 7) is 1.24. The van der Waals surface area contributed by atoms with Crippen molar-refractivity contribution in [2.75, 3.05) is 0 Å². The molecule has 1 aromatic rings. The minimum atomic E-state index is -1.44. The van der Waals surface area contributed by atoms with Gasteiger partial charge in [-0.2, -0.15) is 0 Å². The van der Waals surface area contributed by atoms with Crippen molar-refractivity contribution >= 4 is 12.4 Å². The molecule has 0 radical (unpaired) electrons. The average Bonchev–Trinajstić information content (AvgIpc) is 2.01. The fourth-order valence-corrected chi connectivity index (χ4v) is 0.991. The first-order valence-corrected chi connectivity index (χ1v) is 3.53. The molecule has 0 heterocycles. The summed E-state index contributed by atoms with van der Waals surface area (Å²) >= 11 is 0. The van der Waals surface area contributed by atoms with Crippen LogP contribution in [0.2, 0.25) is 0 Å². The lowest BCUT2D eigenvalue weighted by atomic mass is 10.1. The lowest BCUT2D eigenvalue weighted by Gasteiger charge is -2.09. The van der Waals surface area contributed by atoms with Gasteiger partial charge in [-0.1, -0.05) is 0 Å². The van der Waals surface area contributed by atoms with E-state index in [1.54, 1.807) is 0 Å². The molecule has 0 aliphatic carbocycles. The molecular formula is C8H8ClF4N. The Morgan fingerprint density at radius 1 is 1.07 bits per heavy atom. The lowest BCUT2D eigenvalue weighted by Crippen LogP contribution is -2.13. The molecular weight excluding hydrogens is 222 g/mol. The van der Waals surface area contributed by atoms with Crippen LogP contribution < -0.4 is 5.73 Å². The molecule has 1 aromatic carbocycles. The Labute approximate surface area is 84.3 Å². The molecule has 14 heavy (non-hydrogen) atoms. The Hall–Kier alpha value is -0.810. The second kappa shape index (κ2) is 4.61. The van der Waals surface area contributed by atoms with E-state index in [-0.39, 0.29) is 18.5 Å². The van der Waals surface area contributed by atoms with Crippen LogP contribution in [0.25, 0.3) is 0 Å². The van der Waals surface area contributed by atoms with E-state index in [4.69, 9.17) is 5.73 Å². The number of hydrogen-bond donors (Lipinski definition) is 1. The molecule has 80 valence electrons. The lowest BCUT2D eigenvalue weighted by molar-refractivity contribution is 0.430. The Morgan fingerprint density at radius 3 is 1.71 bits per heavy atom. The van der Waals surface area contributed by atoms with Gasteiger partial charge in [0.15, 0.2) is 23.3 Å². The molecule has 0 saturated heterocycles. The van der Waals surface area contributed by atoms with E-state index in [2.05, 4.69) is 0 Å². The van der Waals surface area contributed by atoms with E-state index in [0.29, 0.717) is 0 Å². The summed E-state index contributed by atoms with van der Waals surface area (Å²) in [6, 6.07) is -0.943. The third-order valence-electron chi connectivity index (χ3n) is 1.60. The molecule has 0 aliphatic rings. The second-order valence-electron chi connectivity index (χ2n) is 2.67. The minimum Gasteiger partial charge on any atom is -0.324 e. The average molecular weight is 230 g/mol. The maximum atomic E-state index is 12.8. The van der Waals surface area contributed by atoms with Crippen LogP contribution in [-0.4, -0.2) is 0 Å². The zero-order valence-electron chi connectivity index (χ0n) is 7.15. The fraction of sp³-hybridized carbons (Fsp3) is 0.250. The SMILES string of the molecule is C[C@H](N)c1c(F)c(F)cc(F)c1F.Cl. The molecule has 1 rings (SSSR count). The third kappa shape index (κ3) is 2.16. The molecule has 0 fully saturated rings. The molecule has 1 atom stereocenters. The van der Waals surface area contributed by atoms with Crippen LogP contribution in [0.15, 0.2) is 6.07 Å². The summed E-state index contributed by atoms with van der Waals surface area (Å²) in [5, 5.41) is 0. The van der Waals surface area contributed by atoms with Crippen molar-refractivity contribution in [1.82, 2.24) is 0 Å². The second-order valence-corrected chi connectivity index (χ2v) is 2.67. The summed E-state index contributed by atoms with van der Waals surface area (Å²) in [5.41, 5.74) is 4.37. The maximum absolute atomic E-state index is 12.8. The van der Waals surface area contributed by atoms with Gasteiger partial charge >= 0.3 is 0 Å². The normalized spacial score (nSPS) is 12.1. The van der Waals surface area contributed by atoms with Gasteiger partial charge in [0.25, 0.3) is 0 Å². The van der Waals surface area contributed by atoms with Gasteiger partial charge < -0.3 is 5.73 Å². The van der Waals surface area contributed by atoms with Crippen LogP contribution in [0.4, 0.5) is 17.6 Å². The molecule has 0 unspecified atom stereocenters. The van der Waals surface area contributed by atoms with Gasteiger partial charge in [0.2, 0.25) is 0 Å². The summed E-state index contributed by atoms with van der Waals surface area (Å²) in [6.07, 6.45) is 0. The largest absolute Gasteiger partial charge is 0.324 e. The van der Waals surface area contributed by atoms with Crippen molar-refractivity contribution < 1.29 is 17.6 Å². The van der Waals surface area contributed by atoms with Gasteiger partial charge in [-0.3, -0.25) is 0 Å². The van der Waals surface area contributed by atoms with Crippen LogP contribution >= 0.6 is 12.4 Å². The summed E-state index contributed by atoms with van der Waals surface area (Å²) in [4.78, 5) is 0. The van der Waals surface area contributed by atoms with E-state index in [1.807, 2.05) is 0 Å². The Bertz CT molecular complexity index is 314. The smallest absolute Gasteiger partial charge is 0.166 e. The number of rotatable bonds is 1. The highest BCUT2D eigenvalue weighted by molar-refractivity contribution is 5.85. The molecule has 0 aliphatic heterocycles. The van der Waals surface area contributed by atoms with Crippen LogP contribution in [-0.2, 0) is 0 Å². The molecule has 0 spiro atoms. The summed E-state index contributed by atoms with van der Waals surface area (Å²) in [5.74, 6) is -5.75. The van der Waals surface area contributed by atoms with Gasteiger partial charge in [0.1, 0.15) is 0 Å². The van der Waals surface area contributed by atoms with E-state index in [0.717, 1.165) is 0 Å². The van der Waals surface area contributed by atoms with Crippen LogP contribution in [0.1, 0.15) is 18.5 Å². The molecule has 6 heteroatoms. The van der Waals surface area contributed by atoms with Gasteiger partial charge in [-0.15, -0.1) is 12.4 Å². The summed E-state index contributed by atoms with van der Waals surface area (Å²) in [7, 11) is 0. The van der Waals surface area contributed by atoms with Gasteiger partial charge in [0, 0.05) is 17.7 Å². The highest BCUT2D eigenvalue weighted by atomic mass is 35.5. The van der Waals surface area contributed by atoms with Crippen molar-refractivity contribution in [3.8, 4) is 0 Å². The predicted molar refractivity (Wildman–Crippen MR) is 46.1 cm³/mol. The first kappa shape index (κ1) is 13.2. The predicted octanol–water partition coefficient (Wildman–Crippen LogP) is 2.68. The molecule has 0 amide bonds. The van der Waals surface area contributed by atoms with Crippen LogP contribution in [0, 0.1) is 23.3 Å². The summed E-state index contributed by atoms with van der Waals surface area (Å²) < 4.78 is 50.7. The molecule has 2 N–H and O–H groups in total. The van der Waals surface area contributed by atoms with Crippen LogP contribution in [0.5, 0.6) is 0 Å². The monoisotopic (exact) mass is 229 g/mol. The third-order valence-corrected chi connectivity index (χ3v) is 1.60. The molecule has 0 saturated carbocycles. The zero-order valence-corrected chi connectivity index (χ0v) is 7.97. The van der Waals surface area contributed by atoms with Gasteiger partial charge in [-0.05, 0) is 6.92 Å². The van der Waals surface area contributed by atoms with Crippen molar-refractivity contribution in [2.45, 2.75) is 13.0 Å². The minimum absolute atomic E-state index is 0. The van der Waals surface area contributed by atoms with Crippen molar-refractivity contribution in [1.29, 1.82) is 0 Å². The fourth-order valence-electron chi connectivity index (χ4n) is 0.991. The van der Waals surface area contributed by atoms with Gasteiger partial charge in [-0.25, -0.2) is 17.6 Å². The first-order chi connectivity index (χ1) is 5.95. The molecule has 0 aromatic heterocycles. The standard InChI is InChI=1S/C8H7F4N.ClH/c1-3(13)6-7(11)4(9)2-5(10)8(6)12;/h2-3H,13H2,1H3;1H/t3-;/m0./s1. The quantitative estimate of drug-likeness (QED) is 0.582. The first-order valence-electron chi connectivity index (χ1n) is 3.53. The van der Waals surface area contributed by atoms with E-state index < -0.39 is 34.9 Å². The van der Waals surface area contributed by atoms with E-state index in [9.17, 15) is 17.6 Å². The highest BCUT2D eigenvalue weighted by Gasteiger charge is 2.21. The number of halogens is 5. The highest BCUT2D eigenvalue weighted by Crippen LogP contribution is 2.23. The topological polar surface area (TPSA) is 26.0 Å². The van der Waals surface area contributed by atoms with Crippen molar-refractivity contribution in [3.63, 3.8) is 0 Å². The Kier molecular flexibility index (Phi) is 4.35. The van der Waals surface area contributed by atoms with E-state index in [1.165, 1.54) is 6.92 Å². The van der Waals surface area contributed by atoms with Crippen LogP contribution in [0.3, 0.4) is 0 Å². The molecule has 1 nitrogen and oxygen atoms in total. The number of hydrogen-bond acceptors (Lipinski definition) is 1. The Balaban J connectivity index is 0.00000169. The Morgan fingerprint density at radius 2 is 1.43 bits per heavy atom. The van der Waals surface area contributed by atoms with E-state index >= 15 is 0 Å². The number of nitrogens with two attached hydrogens (primary N) is 1. The van der Waals surface area contributed by atoms with Crippen molar-refractivity contribution in [2.24, 2.45) is 5.73 Å². The maximum Gasteiger partial charge on any atom is 0.166 e. The zero-order chi connectivity index (χ0) is 10.2.